The lowest BCUT2D eigenvalue weighted by Gasteiger charge is -2.33. The smallest absolute Gasteiger partial charge is 0.0285 e. The van der Waals surface area contributed by atoms with Crippen LogP contribution in [0.5, 0.6) is 0 Å². The third kappa shape index (κ3) is 2.18. The predicted molar refractivity (Wildman–Crippen MR) is 56.6 cm³/mol. The van der Waals surface area contributed by atoms with Gasteiger partial charge in [-0.1, -0.05) is 0 Å². The Morgan fingerprint density at radius 3 is 0.909 bits per heavy atom. The minimum Gasteiger partial charge on any atom is -0.0285 e. The van der Waals surface area contributed by atoms with E-state index in [0.717, 1.165) is 0 Å². The summed E-state index contributed by atoms with van der Waals surface area (Å²) >= 11 is 0. The average Bonchev–Trinajstić information content (AvgIpc) is 1.84. The van der Waals surface area contributed by atoms with Crippen molar-refractivity contribution in [2.75, 3.05) is 0 Å². The molecule has 0 N–H and O–H groups in total. The Bertz CT molecular complexity index is 92.3. The van der Waals surface area contributed by atoms with E-state index in [1.54, 1.807) is 0 Å². The largest absolute Gasteiger partial charge is 0.151 e. The first-order chi connectivity index (χ1) is 4.83. The van der Waals surface area contributed by atoms with Crippen molar-refractivity contribution in [1.29, 1.82) is 0 Å². The predicted octanol–water partition coefficient (Wildman–Crippen LogP) is 3.90. The fourth-order valence-corrected chi connectivity index (χ4v) is 5.37. The van der Waals surface area contributed by atoms with E-state index in [-0.39, 0.29) is 0 Å². The Morgan fingerprint density at radius 2 is 0.909 bits per heavy atom. The van der Waals surface area contributed by atoms with Crippen molar-refractivity contribution in [2.45, 2.75) is 58.5 Å². The van der Waals surface area contributed by atoms with Gasteiger partial charge in [-0.25, -0.2) is 0 Å². The minimum atomic E-state index is -1.19. The van der Waals surface area contributed by atoms with E-state index in [4.69, 9.17) is 6.66 Å². The molecule has 11 heavy (non-hydrogen) atoms. The molecule has 0 aromatic rings. The van der Waals surface area contributed by atoms with Crippen LogP contribution in [-0.4, -0.2) is 17.0 Å². The van der Waals surface area contributed by atoms with Gasteiger partial charge in [0.1, 0.15) is 0 Å². The van der Waals surface area contributed by atoms with Gasteiger partial charge in [-0.05, 0) is 41.5 Å². The molecule has 0 unspecified atom stereocenters. The van der Waals surface area contributed by atoms with Crippen molar-refractivity contribution in [3.63, 3.8) is 0 Å². The molecule has 0 aliphatic heterocycles. The van der Waals surface area contributed by atoms with Crippen molar-refractivity contribution in [3.05, 3.63) is 6.66 Å². The number of rotatable bonds is 3. The summed E-state index contributed by atoms with van der Waals surface area (Å²) in [5.41, 5.74) is 2.01. The van der Waals surface area contributed by atoms with Gasteiger partial charge in [0.05, 0.1) is 17.0 Å². The molecule has 0 amide bonds. The summed E-state index contributed by atoms with van der Waals surface area (Å²) in [5.74, 6) is 0. The fourth-order valence-electron chi connectivity index (χ4n) is 1.79. The first-order valence-corrected chi connectivity index (χ1v) is 6.56. The molecule has 0 rings (SSSR count). The minimum absolute atomic E-state index is 0.669. The molecule has 0 aromatic carbocycles. The van der Waals surface area contributed by atoms with Crippen molar-refractivity contribution in [2.24, 2.45) is 0 Å². The third-order valence-corrected chi connectivity index (χ3v) is 8.05. The van der Waals surface area contributed by atoms with Gasteiger partial charge < -0.3 is 0 Å². The van der Waals surface area contributed by atoms with Crippen LogP contribution in [0.25, 0.3) is 0 Å². The molecular formula is C10H22P+. The Hall–Kier alpha value is 0.430. The summed E-state index contributed by atoms with van der Waals surface area (Å²) in [7, 11) is -1.19. The maximum atomic E-state index is 6.44. The molecule has 66 valence electrons. The zero-order chi connectivity index (χ0) is 9.23. The number of hydrogen-bond donors (Lipinski definition) is 0. The standard InChI is InChI=1S/C10H22P/c1-8(2)11(7,9(3)4)10(5)6/h7-10H,1-6H3/q+1. The topological polar surface area (TPSA) is 0 Å². The quantitative estimate of drug-likeness (QED) is 0.568. The van der Waals surface area contributed by atoms with Crippen LogP contribution in [0.3, 0.4) is 0 Å². The molecule has 0 aliphatic rings. The Balaban J connectivity index is 4.53. The highest BCUT2D eigenvalue weighted by atomic mass is 31.2. The van der Waals surface area contributed by atoms with E-state index < -0.39 is 7.26 Å². The molecule has 0 atom stereocenters. The van der Waals surface area contributed by atoms with E-state index in [0.29, 0.717) is 17.0 Å². The molecule has 0 aromatic heterocycles. The van der Waals surface area contributed by atoms with Crippen molar-refractivity contribution >= 4 is 7.26 Å². The van der Waals surface area contributed by atoms with Crippen LogP contribution in [-0.2, 0) is 0 Å². The molecule has 1 heteroatoms. The zero-order valence-electron chi connectivity index (χ0n) is 8.76. The lowest BCUT2D eigenvalue weighted by Crippen LogP contribution is -2.20. The first-order valence-electron chi connectivity index (χ1n) is 4.50. The molecule has 0 spiro atoms. The summed E-state index contributed by atoms with van der Waals surface area (Å²) in [6.07, 6.45) is 0. The summed E-state index contributed by atoms with van der Waals surface area (Å²) in [6.45, 7) is 20.0. The monoisotopic (exact) mass is 173 g/mol. The van der Waals surface area contributed by atoms with Gasteiger partial charge in [0, 0.05) is 7.26 Å². The molecule has 2 radical (unpaired) electrons. The highest BCUT2D eigenvalue weighted by molar-refractivity contribution is 7.78. The van der Waals surface area contributed by atoms with E-state index in [2.05, 4.69) is 41.5 Å². The van der Waals surface area contributed by atoms with Crippen LogP contribution in [0.2, 0.25) is 0 Å². The van der Waals surface area contributed by atoms with E-state index in [9.17, 15) is 0 Å². The second-order valence-electron chi connectivity index (χ2n) is 4.18. The van der Waals surface area contributed by atoms with Crippen LogP contribution in [0, 0.1) is 6.66 Å². The Kier molecular flexibility index (Phi) is 4.05. The highest BCUT2D eigenvalue weighted by Gasteiger charge is 2.43. The number of hydrogen-bond acceptors (Lipinski definition) is 0. The van der Waals surface area contributed by atoms with Gasteiger partial charge in [0.15, 0.2) is 6.66 Å². The molecule has 0 bridgehead atoms. The van der Waals surface area contributed by atoms with Crippen LogP contribution < -0.4 is 0 Å². The SMILES string of the molecule is [CH][P+](C(C)C)(C(C)C)C(C)C. The van der Waals surface area contributed by atoms with Crippen LogP contribution in [0.4, 0.5) is 0 Å². The van der Waals surface area contributed by atoms with Gasteiger partial charge in [0.25, 0.3) is 0 Å². The molecule has 0 nitrogen and oxygen atoms in total. The molecular weight excluding hydrogens is 151 g/mol. The van der Waals surface area contributed by atoms with Gasteiger partial charge in [-0.2, -0.15) is 0 Å². The zero-order valence-corrected chi connectivity index (χ0v) is 9.65. The van der Waals surface area contributed by atoms with Crippen LogP contribution in [0.15, 0.2) is 0 Å². The van der Waals surface area contributed by atoms with Crippen LogP contribution >= 0.6 is 7.26 Å². The Labute approximate surface area is 73.1 Å². The maximum Gasteiger partial charge on any atom is 0.151 e. The van der Waals surface area contributed by atoms with E-state index in [1.165, 1.54) is 0 Å². The maximum absolute atomic E-state index is 6.44. The molecule has 0 aliphatic carbocycles. The highest BCUT2D eigenvalue weighted by Crippen LogP contribution is 2.68. The average molecular weight is 173 g/mol. The van der Waals surface area contributed by atoms with Gasteiger partial charge >= 0.3 is 0 Å². The van der Waals surface area contributed by atoms with Gasteiger partial charge in [-0.3, -0.25) is 0 Å². The molecule has 0 saturated heterocycles. The van der Waals surface area contributed by atoms with E-state index in [1.807, 2.05) is 0 Å². The second kappa shape index (κ2) is 3.90. The lowest BCUT2D eigenvalue weighted by atomic mass is 10.5. The van der Waals surface area contributed by atoms with Crippen molar-refractivity contribution in [3.8, 4) is 0 Å². The first kappa shape index (κ1) is 11.4. The van der Waals surface area contributed by atoms with Gasteiger partial charge in [-0.15, -0.1) is 0 Å². The summed E-state index contributed by atoms with van der Waals surface area (Å²) in [4.78, 5) is 0. The summed E-state index contributed by atoms with van der Waals surface area (Å²) < 4.78 is 0. The normalized spacial score (nSPS) is 13.6. The summed E-state index contributed by atoms with van der Waals surface area (Å²) in [5, 5.41) is 0. The van der Waals surface area contributed by atoms with E-state index >= 15 is 0 Å². The lowest BCUT2D eigenvalue weighted by molar-refractivity contribution is 0.926. The fraction of sp³-hybridized carbons (Fsp3) is 0.900. The van der Waals surface area contributed by atoms with Crippen molar-refractivity contribution in [1.82, 2.24) is 0 Å². The van der Waals surface area contributed by atoms with Crippen molar-refractivity contribution < 1.29 is 0 Å². The molecule has 0 fully saturated rings. The molecule has 0 saturated carbocycles. The third-order valence-electron chi connectivity index (χ3n) is 2.68. The Morgan fingerprint density at radius 1 is 0.727 bits per heavy atom. The summed E-state index contributed by atoms with van der Waals surface area (Å²) in [6, 6.07) is 0. The van der Waals surface area contributed by atoms with Gasteiger partial charge in [0.2, 0.25) is 0 Å². The molecule has 0 heterocycles. The second-order valence-corrected chi connectivity index (χ2v) is 9.06. The van der Waals surface area contributed by atoms with Crippen LogP contribution in [0.1, 0.15) is 41.5 Å².